The number of carbonyl (C=O) groups is 2. The summed E-state index contributed by atoms with van der Waals surface area (Å²) < 4.78 is 23.1. The van der Waals surface area contributed by atoms with Crippen molar-refractivity contribution in [2.75, 3.05) is 6.61 Å². The molecular formula is C27H31FN4O4. The number of ether oxygens (including phenoxy) is 1. The second-order valence-corrected chi connectivity index (χ2v) is 9.23. The summed E-state index contributed by atoms with van der Waals surface area (Å²) in [6.45, 7) is 6.92. The van der Waals surface area contributed by atoms with Gasteiger partial charge in [0, 0.05) is 24.5 Å². The molecule has 2 amide bonds. The van der Waals surface area contributed by atoms with Gasteiger partial charge in [-0.25, -0.2) is 9.18 Å². The van der Waals surface area contributed by atoms with Crippen molar-refractivity contribution in [2.24, 2.45) is 10.9 Å². The van der Waals surface area contributed by atoms with Crippen LogP contribution in [0.25, 0.3) is 0 Å². The number of carbonyl (C=O) groups excluding carboxylic acids is 1. The summed E-state index contributed by atoms with van der Waals surface area (Å²) in [7, 11) is 0. The third-order valence-electron chi connectivity index (χ3n) is 6.27. The predicted octanol–water partition coefficient (Wildman–Crippen LogP) is 4.66. The molecule has 1 unspecified atom stereocenters. The molecule has 1 aliphatic rings. The first-order chi connectivity index (χ1) is 17.2. The highest BCUT2D eigenvalue weighted by molar-refractivity contribution is 5.95. The maximum Gasteiger partial charge on any atom is 0.434 e. The van der Waals surface area contributed by atoms with Crippen molar-refractivity contribution >= 4 is 12.0 Å². The smallest absolute Gasteiger partial charge is 0.434 e. The molecule has 1 fully saturated rings. The Bertz CT molecular complexity index is 1340. The molecule has 0 aliphatic heterocycles. The highest BCUT2D eigenvalue weighted by atomic mass is 19.1. The molecule has 8 nitrogen and oxygen atoms in total. The topological polar surface area (TPSA) is 97.9 Å². The Morgan fingerprint density at radius 2 is 1.94 bits per heavy atom. The Hall–Kier alpha value is -3.88. The van der Waals surface area contributed by atoms with Crippen LogP contribution in [0.15, 0.2) is 53.8 Å². The lowest BCUT2D eigenvalue weighted by molar-refractivity contribution is 0.0939. The number of aryl methyl sites for hydroxylation is 2. The molecule has 3 aromatic rings. The largest absolute Gasteiger partial charge is 0.493 e. The van der Waals surface area contributed by atoms with E-state index >= 15 is 0 Å². The first-order valence-electron chi connectivity index (χ1n) is 12.1. The van der Waals surface area contributed by atoms with Gasteiger partial charge >= 0.3 is 6.09 Å². The fourth-order valence-corrected chi connectivity index (χ4v) is 4.01. The molecule has 2 N–H and O–H groups in total. The van der Waals surface area contributed by atoms with Gasteiger partial charge in [0.15, 0.2) is 0 Å². The average Bonchev–Trinajstić information content (AvgIpc) is 3.60. The summed E-state index contributed by atoms with van der Waals surface area (Å²) in [6.07, 6.45) is 4.55. The van der Waals surface area contributed by atoms with Crippen molar-refractivity contribution < 1.29 is 23.8 Å². The lowest BCUT2D eigenvalue weighted by Crippen LogP contribution is -2.28. The van der Waals surface area contributed by atoms with Gasteiger partial charge in [0.25, 0.3) is 5.91 Å². The van der Waals surface area contributed by atoms with Gasteiger partial charge in [-0.05, 0) is 80.5 Å². The van der Waals surface area contributed by atoms with Gasteiger partial charge in [0.2, 0.25) is 5.62 Å². The van der Waals surface area contributed by atoms with Gasteiger partial charge in [-0.1, -0.05) is 12.1 Å². The third kappa shape index (κ3) is 6.21. The van der Waals surface area contributed by atoms with Crippen LogP contribution in [-0.4, -0.2) is 32.8 Å². The molecule has 1 aliphatic carbocycles. The number of hydrogen-bond acceptors (Lipinski definition) is 3. The quantitative estimate of drug-likeness (QED) is 0.452. The molecule has 4 rings (SSSR count). The standard InChI is InChI=1S/C27H31FN4O4/c1-4-31-9-10-32(26(31)30-27(34)35)15-20-12-22(14-23(13-20)36-16-19-5-6-19)25(33)29-18(3)21-7-8-24(28)17(2)11-21/h7-14,18-19H,4-6,15-16H2,1-3H3,(H,29,33)(H,34,35)/b30-26+. The van der Waals surface area contributed by atoms with Crippen molar-refractivity contribution in [1.29, 1.82) is 0 Å². The number of carboxylic acid groups (broad SMARTS) is 1. The van der Waals surface area contributed by atoms with E-state index in [1.165, 1.54) is 6.07 Å². The van der Waals surface area contributed by atoms with E-state index in [-0.39, 0.29) is 17.8 Å². The summed E-state index contributed by atoms with van der Waals surface area (Å²) in [6, 6.07) is 9.81. The van der Waals surface area contributed by atoms with Gasteiger partial charge in [0.1, 0.15) is 11.6 Å². The van der Waals surface area contributed by atoms with Gasteiger partial charge < -0.3 is 24.3 Å². The summed E-state index contributed by atoms with van der Waals surface area (Å²) in [4.78, 5) is 28.2. The van der Waals surface area contributed by atoms with E-state index in [0.29, 0.717) is 48.1 Å². The van der Waals surface area contributed by atoms with Gasteiger partial charge in [0.05, 0.1) is 19.2 Å². The van der Waals surface area contributed by atoms with Crippen molar-refractivity contribution in [3.05, 3.63) is 82.5 Å². The van der Waals surface area contributed by atoms with Crippen molar-refractivity contribution in [3.63, 3.8) is 0 Å². The zero-order chi connectivity index (χ0) is 25.8. The zero-order valence-corrected chi connectivity index (χ0v) is 20.7. The molecule has 190 valence electrons. The van der Waals surface area contributed by atoms with E-state index in [1.54, 1.807) is 52.7 Å². The number of aromatic nitrogens is 2. The third-order valence-corrected chi connectivity index (χ3v) is 6.27. The van der Waals surface area contributed by atoms with Gasteiger partial charge in [-0.2, -0.15) is 0 Å². The number of hydrogen-bond donors (Lipinski definition) is 2. The Morgan fingerprint density at radius 1 is 1.19 bits per heavy atom. The monoisotopic (exact) mass is 494 g/mol. The predicted molar refractivity (Wildman–Crippen MR) is 132 cm³/mol. The summed E-state index contributed by atoms with van der Waals surface area (Å²) in [5.74, 6) is 0.559. The summed E-state index contributed by atoms with van der Waals surface area (Å²) in [5.41, 5.74) is 2.83. The van der Waals surface area contributed by atoms with Crippen LogP contribution in [0.4, 0.5) is 9.18 Å². The highest BCUT2D eigenvalue weighted by Crippen LogP contribution is 2.30. The minimum absolute atomic E-state index is 0.283. The molecule has 0 saturated heterocycles. The summed E-state index contributed by atoms with van der Waals surface area (Å²) in [5, 5.41) is 12.2. The zero-order valence-electron chi connectivity index (χ0n) is 20.7. The molecular weight excluding hydrogens is 463 g/mol. The minimum atomic E-state index is -1.27. The Morgan fingerprint density at radius 3 is 2.61 bits per heavy atom. The number of amides is 2. The van der Waals surface area contributed by atoms with Crippen LogP contribution < -0.4 is 15.7 Å². The highest BCUT2D eigenvalue weighted by Gasteiger charge is 2.22. The number of imidazole rings is 1. The van der Waals surface area contributed by atoms with E-state index in [1.807, 2.05) is 19.9 Å². The van der Waals surface area contributed by atoms with Crippen LogP contribution in [0, 0.1) is 18.7 Å². The molecule has 36 heavy (non-hydrogen) atoms. The number of benzene rings is 2. The number of halogens is 1. The van der Waals surface area contributed by atoms with Crippen LogP contribution in [-0.2, 0) is 13.1 Å². The van der Waals surface area contributed by atoms with Crippen LogP contribution in [0.1, 0.15) is 59.8 Å². The summed E-state index contributed by atoms with van der Waals surface area (Å²) >= 11 is 0. The molecule has 1 saturated carbocycles. The Kier molecular flexibility index (Phi) is 7.57. The lowest BCUT2D eigenvalue weighted by Gasteiger charge is -2.17. The van der Waals surface area contributed by atoms with Crippen LogP contribution in [0.5, 0.6) is 5.75 Å². The lowest BCUT2D eigenvalue weighted by atomic mass is 10.0. The van der Waals surface area contributed by atoms with Crippen molar-refractivity contribution in [3.8, 4) is 5.75 Å². The SMILES string of the molecule is CCn1ccn(Cc2cc(OCC3CC3)cc(C(=O)NC(C)c3ccc(F)c(C)c3)c2)/c1=N/C(=O)O. The van der Waals surface area contributed by atoms with Crippen molar-refractivity contribution in [1.82, 2.24) is 14.5 Å². The molecule has 1 heterocycles. The number of nitrogens with one attached hydrogen (secondary N) is 1. The minimum Gasteiger partial charge on any atom is -0.493 e. The van der Waals surface area contributed by atoms with Crippen LogP contribution in [0.2, 0.25) is 0 Å². The molecule has 9 heteroatoms. The molecule has 2 aromatic carbocycles. The van der Waals surface area contributed by atoms with E-state index in [9.17, 15) is 19.1 Å². The maximum atomic E-state index is 13.7. The Labute approximate surface area is 209 Å². The van der Waals surface area contributed by atoms with Gasteiger partial charge in [-0.15, -0.1) is 4.99 Å². The van der Waals surface area contributed by atoms with Crippen LogP contribution in [0.3, 0.4) is 0 Å². The fourth-order valence-electron chi connectivity index (χ4n) is 4.01. The van der Waals surface area contributed by atoms with E-state index in [2.05, 4.69) is 10.3 Å². The first-order valence-corrected chi connectivity index (χ1v) is 12.1. The Balaban J connectivity index is 1.61. The molecule has 0 spiro atoms. The first kappa shape index (κ1) is 25.2. The van der Waals surface area contributed by atoms with E-state index in [4.69, 9.17) is 4.74 Å². The number of nitrogens with zero attached hydrogens (tertiary/aromatic N) is 3. The maximum absolute atomic E-state index is 13.7. The van der Waals surface area contributed by atoms with Crippen LogP contribution >= 0.6 is 0 Å². The van der Waals surface area contributed by atoms with E-state index < -0.39 is 6.09 Å². The average molecular weight is 495 g/mol. The van der Waals surface area contributed by atoms with Gasteiger partial charge in [-0.3, -0.25) is 4.79 Å². The molecule has 0 radical (unpaired) electrons. The number of rotatable bonds is 9. The van der Waals surface area contributed by atoms with E-state index in [0.717, 1.165) is 24.0 Å². The van der Waals surface area contributed by atoms with Crippen molar-refractivity contribution in [2.45, 2.75) is 52.7 Å². The normalized spacial score (nSPS) is 14.5. The second-order valence-electron chi connectivity index (χ2n) is 9.23. The molecule has 1 aromatic heterocycles. The second kappa shape index (κ2) is 10.8. The fraction of sp³-hybridized carbons (Fsp3) is 0.370. The molecule has 1 atom stereocenters. The molecule has 0 bridgehead atoms.